The molecule has 2 N–H and O–H groups in total. The van der Waals surface area contributed by atoms with Crippen molar-refractivity contribution < 1.29 is 22.0 Å². The fraction of sp³-hybridized carbons (Fsp3) is 0.500. The summed E-state index contributed by atoms with van der Waals surface area (Å²) in [6, 6.07) is 0. The summed E-state index contributed by atoms with van der Waals surface area (Å²) < 4.78 is 66.1. The monoisotopic (exact) mass is 282 g/mol. The van der Waals surface area contributed by atoms with E-state index in [0.717, 1.165) is 4.90 Å². The number of benzene rings is 1. The number of anilines is 1. The first-order valence-electron chi connectivity index (χ1n) is 5.55. The Morgan fingerprint density at radius 3 is 1.63 bits per heavy atom. The molecule has 0 saturated carbocycles. The van der Waals surface area contributed by atoms with Gasteiger partial charge in [0, 0.05) is 13.6 Å². The second kappa shape index (κ2) is 5.32. The Hall–Kier alpha value is -1.37. The zero-order chi connectivity index (χ0) is 15.0. The summed E-state index contributed by atoms with van der Waals surface area (Å²) in [6.07, 6.45) is 0. The van der Waals surface area contributed by atoms with Gasteiger partial charge in [0.1, 0.15) is 5.69 Å². The number of nitrogens with two attached hydrogens (primary N) is 1. The summed E-state index contributed by atoms with van der Waals surface area (Å²) in [7, 11) is 1.25. The molecule has 0 aliphatic rings. The average molecular weight is 282 g/mol. The van der Waals surface area contributed by atoms with Gasteiger partial charge in [0.15, 0.2) is 23.3 Å². The molecule has 0 aliphatic heterocycles. The molecular weight excluding hydrogens is 267 g/mol. The van der Waals surface area contributed by atoms with E-state index in [1.54, 1.807) is 13.8 Å². The van der Waals surface area contributed by atoms with Crippen molar-refractivity contribution in [2.75, 3.05) is 25.0 Å². The van der Waals surface area contributed by atoms with Crippen LogP contribution in [0, 0.1) is 34.5 Å². The summed E-state index contributed by atoms with van der Waals surface area (Å²) in [5, 5.41) is 0. The van der Waals surface area contributed by atoms with Crippen molar-refractivity contribution in [3.8, 4) is 0 Å². The van der Waals surface area contributed by atoms with Crippen LogP contribution in [0.3, 0.4) is 0 Å². The number of halogens is 5. The fourth-order valence-corrected chi connectivity index (χ4v) is 1.71. The Morgan fingerprint density at radius 1 is 0.895 bits per heavy atom. The quantitative estimate of drug-likeness (QED) is 0.523. The molecule has 0 aliphatic carbocycles. The molecule has 0 fully saturated rings. The van der Waals surface area contributed by atoms with Gasteiger partial charge >= 0.3 is 0 Å². The molecule has 0 spiro atoms. The van der Waals surface area contributed by atoms with Gasteiger partial charge in [-0.2, -0.15) is 0 Å². The van der Waals surface area contributed by atoms with Crippen molar-refractivity contribution in [1.29, 1.82) is 0 Å². The first kappa shape index (κ1) is 15.7. The van der Waals surface area contributed by atoms with E-state index in [2.05, 4.69) is 0 Å². The van der Waals surface area contributed by atoms with Gasteiger partial charge in [0.05, 0.1) is 0 Å². The van der Waals surface area contributed by atoms with Gasteiger partial charge in [-0.1, -0.05) is 13.8 Å². The van der Waals surface area contributed by atoms with Crippen molar-refractivity contribution in [3.05, 3.63) is 29.1 Å². The number of rotatable bonds is 4. The van der Waals surface area contributed by atoms with E-state index in [4.69, 9.17) is 5.73 Å². The van der Waals surface area contributed by atoms with Crippen molar-refractivity contribution in [2.24, 2.45) is 11.1 Å². The second-order valence-electron chi connectivity index (χ2n) is 5.14. The van der Waals surface area contributed by atoms with Gasteiger partial charge in [0.25, 0.3) is 0 Å². The lowest BCUT2D eigenvalue weighted by Crippen LogP contribution is -2.37. The molecule has 2 nitrogen and oxygen atoms in total. The lowest BCUT2D eigenvalue weighted by Gasteiger charge is -2.30. The minimum Gasteiger partial charge on any atom is -0.369 e. The molecule has 0 bridgehead atoms. The van der Waals surface area contributed by atoms with Crippen molar-refractivity contribution in [1.82, 2.24) is 0 Å². The minimum atomic E-state index is -2.16. The molecule has 0 unspecified atom stereocenters. The Labute approximate surface area is 108 Å². The van der Waals surface area contributed by atoms with E-state index in [9.17, 15) is 22.0 Å². The van der Waals surface area contributed by atoms with E-state index in [1.807, 2.05) is 0 Å². The highest BCUT2D eigenvalue weighted by Gasteiger charge is 2.29. The maximum Gasteiger partial charge on any atom is 0.200 e. The molecule has 0 saturated heterocycles. The molecule has 1 rings (SSSR count). The van der Waals surface area contributed by atoms with Crippen LogP contribution in [-0.4, -0.2) is 20.1 Å². The van der Waals surface area contributed by atoms with Gasteiger partial charge in [-0.3, -0.25) is 0 Å². The molecule has 0 heterocycles. The Kier molecular flexibility index (Phi) is 4.39. The summed E-state index contributed by atoms with van der Waals surface area (Å²) in [5.41, 5.74) is 3.99. The average Bonchev–Trinajstić information content (AvgIpc) is 2.33. The van der Waals surface area contributed by atoms with Gasteiger partial charge < -0.3 is 10.6 Å². The van der Waals surface area contributed by atoms with Crippen LogP contribution in [0.2, 0.25) is 0 Å². The third-order valence-corrected chi connectivity index (χ3v) is 2.79. The predicted molar refractivity (Wildman–Crippen MR) is 62.3 cm³/mol. The molecular formula is C12H15F5N2. The van der Waals surface area contributed by atoms with Gasteiger partial charge in [-0.25, -0.2) is 22.0 Å². The van der Waals surface area contributed by atoms with Crippen LogP contribution < -0.4 is 10.6 Å². The number of nitrogens with zero attached hydrogens (tertiary/aromatic N) is 1. The topological polar surface area (TPSA) is 29.3 Å². The van der Waals surface area contributed by atoms with Crippen molar-refractivity contribution in [3.63, 3.8) is 0 Å². The third-order valence-electron chi connectivity index (χ3n) is 2.79. The van der Waals surface area contributed by atoms with Crippen LogP contribution in [0.15, 0.2) is 0 Å². The van der Waals surface area contributed by atoms with Crippen LogP contribution in [-0.2, 0) is 0 Å². The molecule has 7 heteroatoms. The first-order chi connectivity index (χ1) is 8.62. The Morgan fingerprint density at radius 2 is 1.26 bits per heavy atom. The van der Waals surface area contributed by atoms with Crippen LogP contribution in [0.4, 0.5) is 27.6 Å². The highest BCUT2D eigenvalue weighted by Crippen LogP contribution is 2.31. The summed E-state index contributed by atoms with van der Waals surface area (Å²) in [4.78, 5) is 0.975. The van der Waals surface area contributed by atoms with E-state index < -0.39 is 40.2 Å². The van der Waals surface area contributed by atoms with Crippen LogP contribution in [0.25, 0.3) is 0 Å². The first-order valence-corrected chi connectivity index (χ1v) is 5.55. The van der Waals surface area contributed by atoms with Gasteiger partial charge in [-0.05, 0) is 12.0 Å². The zero-order valence-corrected chi connectivity index (χ0v) is 10.8. The highest BCUT2D eigenvalue weighted by molar-refractivity contribution is 5.50. The van der Waals surface area contributed by atoms with Crippen LogP contribution in [0.1, 0.15) is 13.8 Å². The molecule has 1 aromatic carbocycles. The van der Waals surface area contributed by atoms with Crippen molar-refractivity contribution >= 4 is 5.69 Å². The minimum absolute atomic E-state index is 0.0435. The third kappa shape index (κ3) is 2.97. The predicted octanol–water partition coefficient (Wildman–Crippen LogP) is 2.80. The molecule has 0 aromatic heterocycles. The van der Waals surface area contributed by atoms with E-state index >= 15 is 0 Å². The smallest absolute Gasteiger partial charge is 0.200 e. The van der Waals surface area contributed by atoms with E-state index in [0.29, 0.717) is 0 Å². The SMILES string of the molecule is CN(CC(C)(C)CN)c1c(F)c(F)c(F)c(F)c1F. The summed E-state index contributed by atoms with van der Waals surface area (Å²) in [5.74, 6) is -9.75. The standard InChI is InChI=1S/C12H15F5N2/c1-12(2,4-18)5-19(3)11-9(16)7(14)6(13)8(15)10(11)17/h4-5,18H2,1-3H3. The van der Waals surface area contributed by atoms with E-state index in [1.165, 1.54) is 7.05 Å². The molecule has 0 amide bonds. The summed E-state index contributed by atoms with van der Waals surface area (Å²) >= 11 is 0. The summed E-state index contributed by atoms with van der Waals surface area (Å²) in [6.45, 7) is 3.68. The number of hydrogen-bond acceptors (Lipinski definition) is 2. The molecule has 0 radical (unpaired) electrons. The van der Waals surface area contributed by atoms with Crippen molar-refractivity contribution in [2.45, 2.75) is 13.8 Å². The zero-order valence-electron chi connectivity index (χ0n) is 10.8. The molecule has 19 heavy (non-hydrogen) atoms. The fourth-order valence-electron chi connectivity index (χ4n) is 1.71. The lowest BCUT2D eigenvalue weighted by molar-refractivity contribution is 0.362. The Bertz CT molecular complexity index is 458. The molecule has 1 aromatic rings. The second-order valence-corrected chi connectivity index (χ2v) is 5.14. The van der Waals surface area contributed by atoms with Crippen LogP contribution in [0.5, 0.6) is 0 Å². The maximum atomic E-state index is 13.5. The highest BCUT2D eigenvalue weighted by atomic mass is 19.2. The normalized spacial score (nSPS) is 11.8. The lowest BCUT2D eigenvalue weighted by atomic mass is 9.93. The number of hydrogen-bond donors (Lipinski definition) is 1. The van der Waals surface area contributed by atoms with E-state index in [-0.39, 0.29) is 13.1 Å². The van der Waals surface area contributed by atoms with Crippen LogP contribution >= 0.6 is 0 Å². The molecule has 108 valence electrons. The van der Waals surface area contributed by atoms with Gasteiger partial charge in [0.2, 0.25) is 5.82 Å². The molecule has 0 atom stereocenters. The largest absolute Gasteiger partial charge is 0.369 e. The Balaban J connectivity index is 3.28. The van der Waals surface area contributed by atoms with Gasteiger partial charge in [-0.15, -0.1) is 0 Å². The maximum absolute atomic E-state index is 13.5.